The Bertz CT molecular complexity index is 729. The molecular weight excluding hydrogens is 604 g/mol. The van der Waals surface area contributed by atoms with Crippen LogP contribution in [0.1, 0.15) is 36.8 Å². The molecule has 26 heavy (non-hydrogen) atoms. The first-order chi connectivity index (χ1) is 12.1. The van der Waals surface area contributed by atoms with E-state index in [-0.39, 0.29) is 49.3 Å². The van der Waals surface area contributed by atoms with Gasteiger partial charge in [-0.15, -0.1) is 0 Å². The molecule has 4 amide bonds. The van der Waals surface area contributed by atoms with Gasteiger partial charge in [-0.1, -0.05) is 18.2 Å². The van der Waals surface area contributed by atoms with Crippen LogP contribution in [0.25, 0.3) is 0 Å². The lowest BCUT2D eigenvalue weighted by atomic mass is 10.1. The highest BCUT2D eigenvalue weighted by molar-refractivity contribution is 9.25. The summed E-state index contributed by atoms with van der Waals surface area (Å²) in [6.45, 7) is 0. The molecule has 2 aliphatic heterocycles. The van der Waals surface area contributed by atoms with E-state index in [1.54, 1.807) is 24.3 Å². The van der Waals surface area contributed by atoms with Crippen molar-refractivity contribution < 1.29 is 19.2 Å². The topological polar surface area (TPSA) is 74.8 Å². The first-order valence-corrected chi connectivity index (χ1v) is 10.8. The molecular formula is C16H12Br4N2O4. The van der Waals surface area contributed by atoms with Crippen molar-refractivity contribution in [2.75, 3.05) is 0 Å². The molecule has 1 aromatic rings. The molecule has 2 fully saturated rings. The second kappa shape index (κ2) is 7.10. The summed E-state index contributed by atoms with van der Waals surface area (Å²) in [4.78, 5) is 50.7. The minimum atomic E-state index is -1.21. The highest BCUT2D eigenvalue weighted by Crippen LogP contribution is 2.48. The van der Waals surface area contributed by atoms with Crippen LogP contribution >= 0.6 is 63.7 Å². The number of alkyl halides is 4. The van der Waals surface area contributed by atoms with Crippen molar-refractivity contribution in [1.82, 2.24) is 9.80 Å². The Morgan fingerprint density at radius 3 is 1.27 bits per heavy atom. The van der Waals surface area contributed by atoms with Crippen LogP contribution in [0.5, 0.6) is 0 Å². The van der Waals surface area contributed by atoms with Crippen LogP contribution in [0.4, 0.5) is 0 Å². The van der Waals surface area contributed by atoms with Crippen molar-refractivity contribution in [3.63, 3.8) is 0 Å². The lowest BCUT2D eigenvalue weighted by Gasteiger charge is -2.33. The number of carbonyl (C=O) groups excluding carboxylic acids is 4. The molecule has 138 valence electrons. The maximum atomic E-state index is 12.1. The number of hydrogen-bond acceptors (Lipinski definition) is 4. The predicted molar refractivity (Wildman–Crippen MR) is 108 cm³/mol. The summed E-state index contributed by atoms with van der Waals surface area (Å²) in [5.74, 6) is -1.16. The van der Waals surface area contributed by atoms with Crippen LogP contribution in [-0.4, -0.2) is 33.4 Å². The minimum absolute atomic E-state index is 0.162. The molecule has 10 heteroatoms. The zero-order valence-electron chi connectivity index (χ0n) is 13.2. The van der Waals surface area contributed by atoms with Crippen LogP contribution in [0, 0.1) is 0 Å². The van der Waals surface area contributed by atoms with E-state index in [4.69, 9.17) is 0 Å². The lowest BCUT2D eigenvalue weighted by molar-refractivity contribution is -0.141. The van der Waals surface area contributed by atoms with E-state index in [0.29, 0.717) is 11.1 Å². The minimum Gasteiger partial charge on any atom is -0.274 e. The van der Waals surface area contributed by atoms with Gasteiger partial charge in [-0.2, -0.15) is 0 Å². The number of hydrogen-bond donors (Lipinski definition) is 0. The highest BCUT2D eigenvalue weighted by atomic mass is 79.9. The highest BCUT2D eigenvalue weighted by Gasteiger charge is 2.47. The monoisotopic (exact) mass is 612 g/mol. The molecule has 0 atom stereocenters. The number of amides is 4. The van der Waals surface area contributed by atoms with Gasteiger partial charge >= 0.3 is 0 Å². The summed E-state index contributed by atoms with van der Waals surface area (Å²) in [7, 11) is 0. The van der Waals surface area contributed by atoms with Gasteiger partial charge in [0.05, 0.1) is 0 Å². The third-order valence-electron chi connectivity index (χ3n) is 4.22. The average Bonchev–Trinajstić information content (AvgIpc) is 3.09. The molecule has 2 aliphatic rings. The van der Waals surface area contributed by atoms with Gasteiger partial charge in [0, 0.05) is 36.8 Å². The average molecular weight is 616 g/mol. The van der Waals surface area contributed by atoms with Gasteiger partial charge in [0.25, 0.3) is 0 Å². The SMILES string of the molecule is O=C1CCC(=O)N1C(Br)(Br)c1cccc(C(Br)(Br)N2C(=O)CCC2=O)c1. The number of halogens is 4. The molecule has 0 unspecified atom stereocenters. The quantitative estimate of drug-likeness (QED) is 0.294. The molecule has 3 rings (SSSR count). The molecule has 6 nitrogen and oxygen atoms in total. The first-order valence-electron chi connectivity index (χ1n) is 7.65. The molecule has 0 aromatic heterocycles. The number of rotatable bonds is 4. The van der Waals surface area contributed by atoms with Crippen molar-refractivity contribution in [2.24, 2.45) is 0 Å². The Balaban J connectivity index is 2.00. The molecule has 1 aromatic carbocycles. The second-order valence-corrected chi connectivity index (χ2v) is 12.6. The Morgan fingerprint density at radius 1 is 0.654 bits per heavy atom. The molecule has 0 N–H and O–H groups in total. The van der Waals surface area contributed by atoms with Gasteiger partial charge in [-0.3, -0.25) is 29.0 Å². The Labute approximate surface area is 183 Å². The smallest absolute Gasteiger partial charge is 0.231 e. The van der Waals surface area contributed by atoms with Crippen molar-refractivity contribution in [3.05, 3.63) is 35.4 Å². The standard InChI is InChI=1S/C16H12Br4N2O4/c17-15(18,21-11(23)4-5-12(21)24)9-2-1-3-10(8-9)16(19,20)22-13(25)6-7-14(22)26/h1-3,8H,4-7H2. The summed E-state index contributed by atoms with van der Waals surface area (Å²) in [6.07, 6.45) is 0.647. The molecule has 0 spiro atoms. The second-order valence-electron chi connectivity index (χ2n) is 5.91. The third kappa shape index (κ3) is 3.33. The van der Waals surface area contributed by atoms with Gasteiger partial charge in [-0.25, -0.2) is 0 Å². The van der Waals surface area contributed by atoms with E-state index >= 15 is 0 Å². The molecule has 2 saturated heterocycles. The van der Waals surface area contributed by atoms with E-state index < -0.39 is 6.71 Å². The summed E-state index contributed by atoms with van der Waals surface area (Å²) in [5, 5.41) is 0. The third-order valence-corrected chi connectivity index (χ3v) is 7.47. The largest absolute Gasteiger partial charge is 0.274 e. The fourth-order valence-corrected chi connectivity index (χ4v) is 5.50. The van der Waals surface area contributed by atoms with Crippen molar-refractivity contribution in [3.8, 4) is 0 Å². The normalized spacial score (nSPS) is 19.1. The Morgan fingerprint density at radius 2 is 0.962 bits per heavy atom. The van der Waals surface area contributed by atoms with Crippen LogP contribution in [0.2, 0.25) is 0 Å². The molecule has 0 radical (unpaired) electrons. The number of imide groups is 2. The number of carbonyl (C=O) groups is 4. The summed E-state index contributed by atoms with van der Waals surface area (Å²) in [6, 6.07) is 6.88. The van der Waals surface area contributed by atoms with Crippen LogP contribution in [0.15, 0.2) is 24.3 Å². The maximum absolute atomic E-state index is 12.1. The number of benzene rings is 1. The Kier molecular flexibility index (Phi) is 5.51. The zero-order chi connectivity index (χ0) is 19.3. The van der Waals surface area contributed by atoms with Crippen LogP contribution < -0.4 is 0 Å². The lowest BCUT2D eigenvalue weighted by Crippen LogP contribution is -2.42. The van der Waals surface area contributed by atoms with Gasteiger partial charge < -0.3 is 0 Å². The van der Waals surface area contributed by atoms with Crippen LogP contribution in [0.3, 0.4) is 0 Å². The predicted octanol–water partition coefficient (Wildman–Crippen LogP) is 3.78. The molecule has 0 bridgehead atoms. The van der Waals surface area contributed by atoms with Crippen molar-refractivity contribution in [2.45, 2.75) is 32.4 Å². The van der Waals surface area contributed by atoms with E-state index in [1.807, 2.05) is 0 Å². The number of likely N-dealkylation sites (tertiary alicyclic amines) is 2. The summed E-state index contributed by atoms with van der Waals surface area (Å²) in [5.41, 5.74) is 1.14. The van der Waals surface area contributed by atoms with E-state index in [9.17, 15) is 19.2 Å². The molecule has 2 heterocycles. The summed E-state index contributed by atoms with van der Waals surface area (Å²) < 4.78 is -2.43. The van der Waals surface area contributed by atoms with E-state index in [2.05, 4.69) is 63.7 Å². The van der Waals surface area contributed by atoms with Crippen LogP contribution in [-0.2, 0) is 25.9 Å². The van der Waals surface area contributed by atoms with Gasteiger partial charge in [0.1, 0.15) is 0 Å². The van der Waals surface area contributed by atoms with Gasteiger partial charge in [0.15, 0.2) is 6.71 Å². The first kappa shape index (κ1) is 20.2. The fraction of sp³-hybridized carbons (Fsp3) is 0.375. The van der Waals surface area contributed by atoms with E-state index in [0.717, 1.165) is 9.80 Å². The van der Waals surface area contributed by atoms with Gasteiger partial charge in [-0.05, 0) is 69.8 Å². The molecule has 0 aliphatic carbocycles. The zero-order valence-corrected chi connectivity index (χ0v) is 19.5. The summed E-state index contributed by atoms with van der Waals surface area (Å²) >= 11 is 13.7. The Hall–Kier alpha value is -0.580. The van der Waals surface area contributed by atoms with Gasteiger partial charge in [0.2, 0.25) is 23.6 Å². The van der Waals surface area contributed by atoms with Crippen molar-refractivity contribution >= 4 is 87.3 Å². The molecule has 0 saturated carbocycles. The number of nitrogens with zero attached hydrogens (tertiary/aromatic N) is 2. The van der Waals surface area contributed by atoms with Crippen molar-refractivity contribution in [1.29, 1.82) is 0 Å². The maximum Gasteiger partial charge on any atom is 0.231 e. The van der Waals surface area contributed by atoms with E-state index in [1.165, 1.54) is 0 Å². The fourth-order valence-electron chi connectivity index (χ4n) is 2.93.